The monoisotopic (exact) mass is 248 g/mol. The molecule has 4 heteroatoms. The summed E-state index contributed by atoms with van der Waals surface area (Å²) in [5, 5.41) is 12.2. The third-order valence-corrected chi connectivity index (χ3v) is 3.53. The standard InChI is InChI=1S/C14H20N2O2/c1-15-13-6-7-16(10-13)9-12-5-3-2-4-11(12)8-14(17)18/h2-5,13,15H,6-10H2,1H3,(H,17,18). The molecule has 1 aliphatic rings. The summed E-state index contributed by atoms with van der Waals surface area (Å²) in [5.41, 5.74) is 2.06. The quantitative estimate of drug-likeness (QED) is 0.819. The van der Waals surface area contributed by atoms with Gasteiger partial charge < -0.3 is 10.4 Å². The zero-order valence-corrected chi connectivity index (χ0v) is 10.7. The number of nitrogens with zero attached hydrogens (tertiary/aromatic N) is 1. The number of carboxylic acid groups (broad SMARTS) is 1. The van der Waals surface area contributed by atoms with Gasteiger partial charge in [0, 0.05) is 25.7 Å². The minimum absolute atomic E-state index is 0.111. The van der Waals surface area contributed by atoms with E-state index in [9.17, 15) is 4.79 Å². The maximum Gasteiger partial charge on any atom is 0.307 e. The number of carbonyl (C=O) groups is 1. The normalized spacial score (nSPS) is 20.2. The number of likely N-dealkylation sites (tertiary alicyclic amines) is 1. The molecule has 0 spiro atoms. The van der Waals surface area contributed by atoms with Crippen molar-refractivity contribution >= 4 is 5.97 Å². The highest BCUT2D eigenvalue weighted by atomic mass is 16.4. The van der Waals surface area contributed by atoms with E-state index in [0.717, 1.165) is 37.2 Å². The maximum absolute atomic E-state index is 10.8. The molecule has 1 saturated heterocycles. The predicted molar refractivity (Wildman–Crippen MR) is 70.5 cm³/mol. The van der Waals surface area contributed by atoms with E-state index in [4.69, 9.17) is 5.11 Å². The van der Waals surface area contributed by atoms with Gasteiger partial charge in [-0.2, -0.15) is 0 Å². The lowest BCUT2D eigenvalue weighted by atomic mass is 10.0. The summed E-state index contributed by atoms with van der Waals surface area (Å²) in [6.07, 6.45) is 1.27. The summed E-state index contributed by atoms with van der Waals surface area (Å²) < 4.78 is 0. The van der Waals surface area contributed by atoms with E-state index in [1.165, 1.54) is 0 Å². The van der Waals surface area contributed by atoms with Crippen LogP contribution in [-0.2, 0) is 17.8 Å². The molecule has 1 aliphatic heterocycles. The number of aliphatic carboxylic acids is 1. The van der Waals surface area contributed by atoms with E-state index in [2.05, 4.69) is 10.2 Å². The Labute approximate surface area is 108 Å². The average Bonchev–Trinajstić information content (AvgIpc) is 2.79. The highest BCUT2D eigenvalue weighted by molar-refractivity contribution is 5.70. The summed E-state index contributed by atoms with van der Waals surface area (Å²) in [7, 11) is 1.99. The molecule has 0 aromatic heterocycles. The first kappa shape index (κ1) is 13.1. The van der Waals surface area contributed by atoms with Crippen LogP contribution in [0.1, 0.15) is 17.5 Å². The molecule has 1 unspecified atom stereocenters. The molecule has 18 heavy (non-hydrogen) atoms. The molecule has 0 saturated carbocycles. The molecule has 1 aromatic rings. The largest absolute Gasteiger partial charge is 0.481 e. The zero-order chi connectivity index (χ0) is 13.0. The molecule has 0 amide bonds. The smallest absolute Gasteiger partial charge is 0.307 e. The fraction of sp³-hybridized carbons (Fsp3) is 0.500. The molecule has 2 rings (SSSR count). The first-order valence-corrected chi connectivity index (χ1v) is 6.37. The molecule has 4 nitrogen and oxygen atoms in total. The molecule has 1 aromatic carbocycles. The lowest BCUT2D eigenvalue weighted by Gasteiger charge is -2.17. The Morgan fingerprint density at radius 3 is 2.78 bits per heavy atom. The van der Waals surface area contributed by atoms with Crippen molar-refractivity contribution in [3.63, 3.8) is 0 Å². The molecule has 0 radical (unpaired) electrons. The van der Waals surface area contributed by atoms with Gasteiger partial charge >= 0.3 is 5.97 Å². The van der Waals surface area contributed by atoms with Gasteiger partial charge in [-0.25, -0.2) is 0 Å². The van der Waals surface area contributed by atoms with E-state index < -0.39 is 5.97 Å². The van der Waals surface area contributed by atoms with Crippen LogP contribution in [0, 0.1) is 0 Å². The fourth-order valence-electron chi connectivity index (χ4n) is 2.50. The maximum atomic E-state index is 10.8. The van der Waals surface area contributed by atoms with Crippen LogP contribution < -0.4 is 5.32 Å². The molecule has 98 valence electrons. The number of nitrogens with one attached hydrogen (secondary N) is 1. The van der Waals surface area contributed by atoms with E-state index in [-0.39, 0.29) is 6.42 Å². The Balaban J connectivity index is 2.02. The third kappa shape index (κ3) is 3.31. The molecule has 1 fully saturated rings. The lowest BCUT2D eigenvalue weighted by molar-refractivity contribution is -0.136. The van der Waals surface area contributed by atoms with Crippen molar-refractivity contribution in [1.29, 1.82) is 0 Å². The number of carboxylic acids is 1. The lowest BCUT2D eigenvalue weighted by Crippen LogP contribution is -2.29. The molecular formula is C14H20N2O2. The van der Waals surface area contributed by atoms with Crippen molar-refractivity contribution in [1.82, 2.24) is 10.2 Å². The van der Waals surface area contributed by atoms with Crippen molar-refractivity contribution in [3.05, 3.63) is 35.4 Å². The second-order valence-electron chi connectivity index (χ2n) is 4.85. The topological polar surface area (TPSA) is 52.6 Å². The van der Waals surface area contributed by atoms with E-state index in [0.29, 0.717) is 6.04 Å². The van der Waals surface area contributed by atoms with Crippen LogP contribution in [0.25, 0.3) is 0 Å². The first-order chi connectivity index (χ1) is 8.69. The fourth-order valence-corrected chi connectivity index (χ4v) is 2.50. The van der Waals surface area contributed by atoms with Gasteiger partial charge in [-0.1, -0.05) is 24.3 Å². The van der Waals surface area contributed by atoms with Gasteiger partial charge in [-0.15, -0.1) is 0 Å². The predicted octanol–water partition coefficient (Wildman–Crippen LogP) is 1.11. The van der Waals surface area contributed by atoms with E-state index in [1.807, 2.05) is 31.3 Å². The summed E-state index contributed by atoms with van der Waals surface area (Å²) in [6, 6.07) is 8.39. The van der Waals surface area contributed by atoms with Crippen LogP contribution >= 0.6 is 0 Å². The summed E-state index contributed by atoms with van der Waals surface area (Å²) in [5.74, 6) is -0.767. The Morgan fingerprint density at radius 2 is 2.17 bits per heavy atom. The van der Waals surface area contributed by atoms with E-state index >= 15 is 0 Å². The van der Waals surface area contributed by atoms with Gasteiger partial charge in [0.05, 0.1) is 6.42 Å². The third-order valence-electron chi connectivity index (χ3n) is 3.53. The highest BCUT2D eigenvalue weighted by Gasteiger charge is 2.21. The van der Waals surface area contributed by atoms with Gasteiger partial charge in [0.2, 0.25) is 0 Å². The zero-order valence-electron chi connectivity index (χ0n) is 10.7. The van der Waals surface area contributed by atoms with Crippen LogP contribution in [0.4, 0.5) is 0 Å². The second-order valence-corrected chi connectivity index (χ2v) is 4.85. The minimum Gasteiger partial charge on any atom is -0.481 e. The van der Waals surface area contributed by atoms with Gasteiger partial charge in [0.25, 0.3) is 0 Å². The Kier molecular flexibility index (Phi) is 4.33. The van der Waals surface area contributed by atoms with E-state index in [1.54, 1.807) is 0 Å². The second kappa shape index (κ2) is 5.98. The van der Waals surface area contributed by atoms with Crippen LogP contribution in [0.2, 0.25) is 0 Å². The van der Waals surface area contributed by atoms with Gasteiger partial charge in [-0.3, -0.25) is 9.69 Å². The molecule has 0 aliphatic carbocycles. The summed E-state index contributed by atoms with van der Waals surface area (Å²) in [4.78, 5) is 13.2. The number of hydrogen-bond donors (Lipinski definition) is 2. The van der Waals surface area contributed by atoms with Crippen LogP contribution in [0.15, 0.2) is 24.3 Å². The van der Waals surface area contributed by atoms with Crippen LogP contribution in [0.5, 0.6) is 0 Å². The Hall–Kier alpha value is -1.39. The summed E-state index contributed by atoms with van der Waals surface area (Å²) >= 11 is 0. The number of likely N-dealkylation sites (N-methyl/N-ethyl adjacent to an activating group) is 1. The van der Waals surface area contributed by atoms with Gasteiger partial charge in [0.15, 0.2) is 0 Å². The number of benzene rings is 1. The average molecular weight is 248 g/mol. The van der Waals surface area contributed by atoms with Crippen molar-refractivity contribution in [2.45, 2.75) is 25.4 Å². The van der Waals surface area contributed by atoms with Crippen molar-refractivity contribution in [3.8, 4) is 0 Å². The molecule has 1 heterocycles. The SMILES string of the molecule is CNC1CCN(Cc2ccccc2CC(=O)O)C1. The highest BCUT2D eigenvalue weighted by Crippen LogP contribution is 2.16. The van der Waals surface area contributed by atoms with Crippen molar-refractivity contribution in [2.24, 2.45) is 0 Å². The molecule has 0 bridgehead atoms. The van der Waals surface area contributed by atoms with Gasteiger partial charge in [0.1, 0.15) is 0 Å². The molecule has 1 atom stereocenters. The molecule has 2 N–H and O–H groups in total. The van der Waals surface area contributed by atoms with Crippen LogP contribution in [0.3, 0.4) is 0 Å². The van der Waals surface area contributed by atoms with Crippen molar-refractivity contribution in [2.75, 3.05) is 20.1 Å². The molecular weight excluding hydrogens is 228 g/mol. The van der Waals surface area contributed by atoms with Crippen LogP contribution in [-0.4, -0.2) is 42.2 Å². The van der Waals surface area contributed by atoms with Gasteiger partial charge in [-0.05, 0) is 24.6 Å². The first-order valence-electron chi connectivity index (χ1n) is 6.37. The number of rotatable bonds is 5. The Morgan fingerprint density at radius 1 is 1.44 bits per heavy atom. The Bertz CT molecular complexity index is 420. The number of hydrogen-bond acceptors (Lipinski definition) is 3. The summed E-state index contributed by atoms with van der Waals surface area (Å²) in [6.45, 7) is 2.96. The van der Waals surface area contributed by atoms with Crippen molar-refractivity contribution < 1.29 is 9.90 Å². The minimum atomic E-state index is -0.767.